The molecule has 0 fully saturated rings. The molecule has 0 aliphatic rings. The van der Waals surface area contributed by atoms with Crippen LogP contribution in [0.2, 0.25) is 0 Å². The van der Waals surface area contributed by atoms with Gasteiger partial charge in [-0.05, 0) is 82.8 Å². The molecule has 3 aromatic carbocycles. The number of esters is 1. The molecule has 0 unspecified atom stereocenters. The van der Waals surface area contributed by atoms with Crippen molar-refractivity contribution in [2.75, 3.05) is 38.6 Å². The van der Waals surface area contributed by atoms with E-state index < -0.39 is 11.6 Å². The maximum Gasteiger partial charge on any atom is 0.342 e. The molecule has 0 heterocycles. The first-order valence-electron chi connectivity index (χ1n) is 11.1. The third-order valence-corrected chi connectivity index (χ3v) is 7.35. The molecule has 0 aliphatic carbocycles. The first-order valence-corrected chi connectivity index (χ1v) is 14.3. The predicted octanol–water partition coefficient (Wildman–Crippen LogP) is 7.32. The van der Waals surface area contributed by atoms with Crippen molar-refractivity contribution in [1.29, 1.82) is 0 Å². The number of carbonyl (C=O) groups is 1. The van der Waals surface area contributed by atoms with E-state index in [2.05, 4.69) is 45.2 Å². The molecular formula is C26H26Cl2I2O6. The minimum atomic E-state index is -0.875. The van der Waals surface area contributed by atoms with E-state index in [9.17, 15) is 4.79 Å². The summed E-state index contributed by atoms with van der Waals surface area (Å²) >= 11 is 15.7. The van der Waals surface area contributed by atoms with Crippen LogP contribution in [0.3, 0.4) is 0 Å². The highest BCUT2D eigenvalue weighted by molar-refractivity contribution is 14.1. The molecule has 194 valence electrons. The summed E-state index contributed by atoms with van der Waals surface area (Å²) in [7, 11) is 0. The fourth-order valence-electron chi connectivity index (χ4n) is 3.54. The number of rotatable bonds is 13. The molecule has 0 atom stereocenters. The Kier molecular flexibility index (Phi) is 11.6. The number of halogens is 4. The van der Waals surface area contributed by atoms with Crippen LogP contribution in [-0.4, -0.2) is 44.5 Å². The van der Waals surface area contributed by atoms with E-state index >= 15 is 0 Å². The number of benzene rings is 3. The third-order valence-electron chi connectivity index (χ3n) is 5.25. The van der Waals surface area contributed by atoms with E-state index in [-0.39, 0.29) is 37.5 Å². The molecule has 36 heavy (non-hydrogen) atoms. The predicted molar refractivity (Wildman–Crippen MR) is 159 cm³/mol. The summed E-state index contributed by atoms with van der Waals surface area (Å²) in [6, 6.07) is 15.3. The van der Waals surface area contributed by atoms with Gasteiger partial charge in [-0.15, -0.1) is 0 Å². The minimum Gasteiger partial charge on any atom is -0.490 e. The van der Waals surface area contributed by atoms with Crippen molar-refractivity contribution in [3.63, 3.8) is 0 Å². The molecule has 0 aromatic heterocycles. The van der Waals surface area contributed by atoms with E-state index in [1.54, 1.807) is 6.07 Å². The van der Waals surface area contributed by atoms with Crippen molar-refractivity contribution >= 4 is 85.1 Å². The van der Waals surface area contributed by atoms with Crippen molar-refractivity contribution in [3.8, 4) is 11.5 Å². The first kappa shape index (κ1) is 29.5. The number of ether oxygens (including phenoxy) is 5. The number of alkyl halides is 2. The first-order chi connectivity index (χ1) is 17.3. The van der Waals surface area contributed by atoms with Crippen LogP contribution in [0.1, 0.15) is 29.8 Å². The zero-order valence-corrected chi connectivity index (χ0v) is 25.6. The molecule has 0 spiro atoms. The van der Waals surface area contributed by atoms with Gasteiger partial charge in [-0.3, -0.25) is 0 Å². The molecule has 0 saturated carbocycles. The van der Waals surface area contributed by atoms with Crippen molar-refractivity contribution in [2.45, 2.75) is 19.4 Å². The standard InChI is InChI=1S/C26H26Cl2I2O6/c1-26(2,17-6-4-3-5-7-17)36-25(31)18-14-21(34-12-10-32-15-27)22-19(29)8-9-20(30)23(22)24(18)35-13-11-33-16-28/h3-9,14H,10-13,15-16H2,1-2H3. The van der Waals surface area contributed by atoms with Gasteiger partial charge in [0.2, 0.25) is 0 Å². The molecule has 3 rings (SSSR count). The van der Waals surface area contributed by atoms with Crippen molar-refractivity contribution in [1.82, 2.24) is 0 Å². The Morgan fingerprint density at radius 1 is 0.833 bits per heavy atom. The summed E-state index contributed by atoms with van der Waals surface area (Å²) in [4.78, 5) is 13.7. The second-order valence-corrected chi connectivity index (χ2v) is 10.8. The van der Waals surface area contributed by atoms with Crippen LogP contribution in [0.25, 0.3) is 10.8 Å². The van der Waals surface area contributed by atoms with Gasteiger partial charge in [0.05, 0.1) is 13.2 Å². The van der Waals surface area contributed by atoms with E-state index in [0.29, 0.717) is 18.1 Å². The summed E-state index contributed by atoms with van der Waals surface area (Å²) in [6.07, 6.45) is 0. The van der Waals surface area contributed by atoms with Gasteiger partial charge in [0, 0.05) is 17.9 Å². The zero-order valence-electron chi connectivity index (χ0n) is 19.8. The van der Waals surface area contributed by atoms with Crippen LogP contribution in [0.5, 0.6) is 11.5 Å². The number of hydrogen-bond acceptors (Lipinski definition) is 6. The van der Waals surface area contributed by atoms with E-state index in [0.717, 1.165) is 23.5 Å². The largest absolute Gasteiger partial charge is 0.490 e. The quantitative estimate of drug-likeness (QED) is 0.0789. The third kappa shape index (κ3) is 7.50. The second kappa shape index (κ2) is 14.2. The van der Waals surface area contributed by atoms with Crippen LogP contribution in [-0.2, 0) is 19.8 Å². The minimum absolute atomic E-state index is 0.0524. The van der Waals surface area contributed by atoms with Gasteiger partial charge in [-0.1, -0.05) is 53.5 Å². The lowest BCUT2D eigenvalue weighted by atomic mass is 9.98. The van der Waals surface area contributed by atoms with Crippen LogP contribution in [0.4, 0.5) is 0 Å². The van der Waals surface area contributed by atoms with E-state index in [4.69, 9.17) is 46.9 Å². The normalized spacial score (nSPS) is 11.5. The van der Waals surface area contributed by atoms with Crippen LogP contribution >= 0.6 is 68.4 Å². The highest BCUT2D eigenvalue weighted by atomic mass is 127. The highest BCUT2D eigenvalue weighted by Gasteiger charge is 2.30. The van der Waals surface area contributed by atoms with Crippen LogP contribution in [0.15, 0.2) is 48.5 Å². The van der Waals surface area contributed by atoms with Gasteiger partial charge >= 0.3 is 5.97 Å². The average Bonchev–Trinajstić information content (AvgIpc) is 2.87. The molecule has 0 bridgehead atoms. The summed E-state index contributed by atoms with van der Waals surface area (Å²) in [5.41, 5.74) is 0.251. The molecule has 3 aromatic rings. The van der Waals surface area contributed by atoms with Gasteiger partial charge in [0.15, 0.2) is 0 Å². The number of hydrogen-bond donors (Lipinski definition) is 0. The van der Waals surface area contributed by atoms with Crippen molar-refractivity contribution in [3.05, 3.63) is 66.8 Å². The van der Waals surface area contributed by atoms with Crippen LogP contribution in [0, 0.1) is 7.14 Å². The molecule has 0 amide bonds. The van der Waals surface area contributed by atoms with Gasteiger partial charge < -0.3 is 23.7 Å². The van der Waals surface area contributed by atoms with Gasteiger partial charge in [-0.2, -0.15) is 0 Å². The molecule has 10 heteroatoms. The van der Waals surface area contributed by atoms with Gasteiger partial charge in [0.25, 0.3) is 0 Å². The SMILES string of the molecule is CC(C)(OC(=O)c1cc(OCCOCCl)c2c(I)ccc(I)c2c1OCCOCCl)c1ccccc1. The van der Waals surface area contributed by atoms with Crippen molar-refractivity contribution < 1.29 is 28.5 Å². The topological polar surface area (TPSA) is 63.2 Å². The molecular weight excluding hydrogens is 733 g/mol. The van der Waals surface area contributed by atoms with Crippen LogP contribution < -0.4 is 9.47 Å². The number of fused-ring (bicyclic) bond motifs is 1. The highest BCUT2D eigenvalue weighted by Crippen LogP contribution is 2.43. The smallest absolute Gasteiger partial charge is 0.342 e. The van der Waals surface area contributed by atoms with Crippen molar-refractivity contribution in [2.24, 2.45) is 0 Å². The molecule has 0 radical (unpaired) electrons. The lowest BCUT2D eigenvalue weighted by Crippen LogP contribution is -2.26. The number of carbonyl (C=O) groups excluding carboxylic acids is 1. The molecule has 0 aliphatic heterocycles. The Balaban J connectivity index is 2.10. The maximum atomic E-state index is 13.7. The fraction of sp³-hybridized carbons (Fsp3) is 0.346. The Bertz CT molecular complexity index is 1170. The summed E-state index contributed by atoms with van der Waals surface area (Å²) in [6.45, 7) is 4.74. The Hall–Kier alpha value is -1.05. The summed E-state index contributed by atoms with van der Waals surface area (Å²) in [5.74, 6) is 0.403. The van der Waals surface area contributed by atoms with Gasteiger partial charge in [-0.25, -0.2) is 4.79 Å². The lowest BCUT2D eigenvalue weighted by Gasteiger charge is -2.27. The second-order valence-electron chi connectivity index (χ2n) is 8.03. The fourth-order valence-corrected chi connectivity index (χ4v) is 5.17. The zero-order chi connectivity index (χ0) is 26.1. The molecule has 6 nitrogen and oxygen atoms in total. The van der Waals surface area contributed by atoms with E-state index in [1.165, 1.54) is 0 Å². The Morgan fingerprint density at radius 3 is 2.03 bits per heavy atom. The Labute approximate surface area is 248 Å². The van der Waals surface area contributed by atoms with E-state index in [1.807, 2.05) is 56.3 Å². The average molecular weight is 759 g/mol. The lowest BCUT2D eigenvalue weighted by molar-refractivity contribution is -0.00358. The summed E-state index contributed by atoms with van der Waals surface area (Å²) in [5, 5.41) is 1.59. The van der Waals surface area contributed by atoms with Gasteiger partial charge in [0.1, 0.15) is 48.0 Å². The Morgan fingerprint density at radius 2 is 1.42 bits per heavy atom. The maximum absolute atomic E-state index is 13.7. The monoisotopic (exact) mass is 758 g/mol. The molecule has 0 N–H and O–H groups in total. The summed E-state index contributed by atoms with van der Waals surface area (Å²) < 4.78 is 30.5. The molecule has 0 saturated heterocycles.